The molecule has 1 fully saturated rings. The quantitative estimate of drug-likeness (QED) is 0.842. The summed E-state index contributed by atoms with van der Waals surface area (Å²) in [5, 5.41) is 9.52. The first kappa shape index (κ1) is 17.1. The van der Waals surface area contributed by atoms with Crippen molar-refractivity contribution in [1.82, 2.24) is 14.9 Å². The van der Waals surface area contributed by atoms with Gasteiger partial charge in [0.15, 0.2) is 0 Å². The van der Waals surface area contributed by atoms with Gasteiger partial charge in [0.05, 0.1) is 6.10 Å². The summed E-state index contributed by atoms with van der Waals surface area (Å²) in [5.74, 6) is -1.13. The predicted molar refractivity (Wildman–Crippen MR) is 68.3 cm³/mol. The van der Waals surface area contributed by atoms with Gasteiger partial charge in [0.1, 0.15) is 0 Å². The van der Waals surface area contributed by atoms with Gasteiger partial charge in [0.2, 0.25) is 5.82 Å². The lowest BCUT2D eigenvalue weighted by molar-refractivity contribution is -0.145. The normalized spacial score (nSPS) is 23.7. The molecule has 0 unspecified atom stereocenters. The number of hydrogen-bond acceptors (Lipinski definition) is 5. The van der Waals surface area contributed by atoms with E-state index < -0.39 is 18.1 Å². The predicted octanol–water partition coefficient (Wildman–Crippen LogP) is 0.729. The van der Waals surface area contributed by atoms with Crippen LogP contribution in [-0.2, 0) is 12.7 Å². The van der Waals surface area contributed by atoms with Crippen molar-refractivity contribution in [3.8, 4) is 0 Å². The highest BCUT2D eigenvalue weighted by Gasteiger charge is 2.35. The molecular weight excluding hydrogens is 297 g/mol. The van der Waals surface area contributed by atoms with E-state index in [4.69, 9.17) is 5.73 Å². The molecule has 5 nitrogen and oxygen atoms in total. The van der Waals surface area contributed by atoms with Gasteiger partial charge < -0.3 is 10.8 Å². The van der Waals surface area contributed by atoms with Crippen LogP contribution < -0.4 is 5.73 Å². The Balaban J connectivity index is 0.00000200. The van der Waals surface area contributed by atoms with Crippen molar-refractivity contribution in [2.45, 2.75) is 31.8 Å². The molecule has 1 aliphatic rings. The number of aliphatic hydroxyl groups excluding tert-OH is 1. The highest BCUT2D eigenvalue weighted by atomic mass is 35.5. The monoisotopic (exact) mass is 312 g/mol. The van der Waals surface area contributed by atoms with Crippen LogP contribution in [-0.4, -0.2) is 45.2 Å². The third-order valence-electron chi connectivity index (χ3n) is 3.14. The molecule has 0 radical (unpaired) electrons. The van der Waals surface area contributed by atoms with Gasteiger partial charge in [-0.1, -0.05) is 0 Å². The van der Waals surface area contributed by atoms with Crippen LogP contribution >= 0.6 is 12.4 Å². The number of aromatic nitrogens is 2. The number of aryl methyl sites for hydroxylation is 1. The Morgan fingerprint density at radius 2 is 2.10 bits per heavy atom. The molecule has 0 aliphatic carbocycles. The maximum absolute atomic E-state index is 12.4. The van der Waals surface area contributed by atoms with E-state index in [0.29, 0.717) is 25.2 Å². The Kier molecular flexibility index (Phi) is 5.31. The average molecular weight is 313 g/mol. The molecule has 20 heavy (non-hydrogen) atoms. The standard InChI is InChI=1S/C11H15F3N4O.ClH/c1-6-7(2-16-10(17-6)11(12,13)14)3-18-4-8(15)9(19)5-18;/h2,8-9,19H,3-5,15H2,1H3;1H/t8-,9-;/m1./s1. The first-order valence-corrected chi connectivity index (χ1v) is 5.83. The molecule has 1 aromatic heterocycles. The summed E-state index contributed by atoms with van der Waals surface area (Å²) in [6.07, 6.45) is -3.95. The number of nitrogens with zero attached hydrogens (tertiary/aromatic N) is 3. The maximum atomic E-state index is 12.4. The molecule has 0 bridgehead atoms. The summed E-state index contributed by atoms with van der Waals surface area (Å²) >= 11 is 0. The zero-order chi connectivity index (χ0) is 14.2. The Hall–Kier alpha value is -0.960. The van der Waals surface area contributed by atoms with E-state index in [9.17, 15) is 18.3 Å². The molecule has 9 heteroatoms. The van der Waals surface area contributed by atoms with Gasteiger partial charge in [-0.05, 0) is 6.92 Å². The molecule has 0 amide bonds. The fourth-order valence-electron chi connectivity index (χ4n) is 2.05. The van der Waals surface area contributed by atoms with Gasteiger partial charge in [-0.25, -0.2) is 9.97 Å². The Morgan fingerprint density at radius 3 is 2.55 bits per heavy atom. The smallest absolute Gasteiger partial charge is 0.390 e. The number of nitrogens with two attached hydrogens (primary N) is 1. The molecule has 0 spiro atoms. The number of β-amino-alcohol motifs (C(OH)–C–C–N with tert-alkyl or cyclic N) is 1. The average Bonchev–Trinajstić information content (AvgIpc) is 2.59. The van der Waals surface area contributed by atoms with Gasteiger partial charge in [-0.15, -0.1) is 12.4 Å². The summed E-state index contributed by atoms with van der Waals surface area (Å²) in [5.41, 5.74) is 6.56. The Morgan fingerprint density at radius 1 is 1.45 bits per heavy atom. The van der Waals surface area contributed by atoms with Crippen molar-refractivity contribution in [2.75, 3.05) is 13.1 Å². The fourth-order valence-corrected chi connectivity index (χ4v) is 2.05. The van der Waals surface area contributed by atoms with Crippen LogP contribution in [0.15, 0.2) is 6.20 Å². The fraction of sp³-hybridized carbons (Fsp3) is 0.636. The maximum Gasteiger partial charge on any atom is 0.451 e. The molecule has 2 heterocycles. The molecule has 2 rings (SSSR count). The summed E-state index contributed by atoms with van der Waals surface area (Å²) in [6.45, 7) is 2.80. The molecule has 1 aromatic rings. The highest BCUT2D eigenvalue weighted by molar-refractivity contribution is 5.85. The molecule has 1 aliphatic heterocycles. The van der Waals surface area contributed by atoms with Crippen molar-refractivity contribution >= 4 is 12.4 Å². The number of rotatable bonds is 2. The van der Waals surface area contributed by atoms with E-state index in [2.05, 4.69) is 9.97 Å². The van der Waals surface area contributed by atoms with Crippen LogP contribution in [0.2, 0.25) is 0 Å². The molecule has 2 atom stereocenters. The Labute approximate surface area is 120 Å². The minimum Gasteiger partial charge on any atom is -0.390 e. The van der Waals surface area contributed by atoms with Crippen molar-refractivity contribution in [3.05, 3.63) is 23.3 Å². The van der Waals surface area contributed by atoms with Crippen LogP contribution in [0, 0.1) is 6.92 Å². The third kappa shape index (κ3) is 3.78. The van der Waals surface area contributed by atoms with Crippen LogP contribution in [0.5, 0.6) is 0 Å². The number of hydrogen-bond donors (Lipinski definition) is 2. The molecule has 114 valence electrons. The van der Waals surface area contributed by atoms with Crippen LogP contribution in [0.3, 0.4) is 0 Å². The van der Waals surface area contributed by atoms with Gasteiger partial charge >= 0.3 is 6.18 Å². The van der Waals surface area contributed by atoms with Crippen molar-refractivity contribution in [2.24, 2.45) is 5.73 Å². The summed E-state index contributed by atoms with van der Waals surface area (Å²) in [4.78, 5) is 8.67. The van der Waals surface area contributed by atoms with Crippen molar-refractivity contribution in [1.29, 1.82) is 0 Å². The van der Waals surface area contributed by atoms with E-state index in [1.165, 1.54) is 13.1 Å². The van der Waals surface area contributed by atoms with E-state index in [0.717, 1.165) is 0 Å². The van der Waals surface area contributed by atoms with Gasteiger partial charge in [-0.2, -0.15) is 13.2 Å². The lowest BCUT2D eigenvalue weighted by atomic mass is 10.2. The van der Waals surface area contributed by atoms with Gasteiger partial charge in [-0.3, -0.25) is 4.90 Å². The second-order valence-electron chi connectivity index (χ2n) is 4.73. The van der Waals surface area contributed by atoms with Gasteiger partial charge in [0.25, 0.3) is 0 Å². The minimum atomic E-state index is -4.53. The molecule has 3 N–H and O–H groups in total. The SMILES string of the molecule is Cc1nc(C(F)(F)F)ncc1CN1C[C@@H](N)[C@H](O)C1.Cl. The lowest BCUT2D eigenvalue weighted by Gasteiger charge is -2.16. The highest BCUT2D eigenvalue weighted by Crippen LogP contribution is 2.26. The zero-order valence-electron chi connectivity index (χ0n) is 10.8. The van der Waals surface area contributed by atoms with Crippen molar-refractivity contribution in [3.63, 3.8) is 0 Å². The number of halogens is 4. The second kappa shape index (κ2) is 6.21. The minimum absolute atomic E-state index is 0. The Bertz CT molecular complexity index is 461. The largest absolute Gasteiger partial charge is 0.451 e. The van der Waals surface area contributed by atoms with Gasteiger partial charge in [0, 0.05) is 43.1 Å². The first-order chi connectivity index (χ1) is 8.77. The number of likely N-dealkylation sites (tertiary alicyclic amines) is 1. The lowest BCUT2D eigenvalue weighted by Crippen LogP contribution is -2.32. The number of aliphatic hydroxyl groups is 1. The summed E-state index contributed by atoms with van der Waals surface area (Å²) in [7, 11) is 0. The zero-order valence-corrected chi connectivity index (χ0v) is 11.6. The van der Waals surface area contributed by atoms with Crippen molar-refractivity contribution < 1.29 is 18.3 Å². The van der Waals surface area contributed by atoms with E-state index in [-0.39, 0.29) is 24.1 Å². The topological polar surface area (TPSA) is 75.3 Å². The van der Waals surface area contributed by atoms with E-state index in [1.807, 2.05) is 4.90 Å². The summed E-state index contributed by atoms with van der Waals surface area (Å²) < 4.78 is 37.3. The third-order valence-corrected chi connectivity index (χ3v) is 3.14. The number of alkyl halides is 3. The second-order valence-corrected chi connectivity index (χ2v) is 4.73. The van der Waals surface area contributed by atoms with Crippen LogP contribution in [0.1, 0.15) is 17.1 Å². The van der Waals surface area contributed by atoms with E-state index in [1.54, 1.807) is 0 Å². The van der Waals surface area contributed by atoms with E-state index >= 15 is 0 Å². The molecule has 0 saturated carbocycles. The molecular formula is C11H16ClF3N4O. The molecule has 1 saturated heterocycles. The van der Waals surface area contributed by atoms with Crippen LogP contribution in [0.4, 0.5) is 13.2 Å². The first-order valence-electron chi connectivity index (χ1n) is 5.83. The summed E-state index contributed by atoms with van der Waals surface area (Å²) in [6, 6.07) is -0.323. The molecule has 0 aromatic carbocycles. The van der Waals surface area contributed by atoms with Crippen LogP contribution in [0.25, 0.3) is 0 Å².